The normalized spacial score (nSPS) is 20.4. The maximum Gasteiger partial charge on any atom is 0.187 e. The van der Waals surface area contributed by atoms with Crippen LogP contribution in [0.2, 0.25) is 0 Å². The lowest BCUT2D eigenvalue weighted by Gasteiger charge is -2.25. The van der Waals surface area contributed by atoms with Crippen molar-refractivity contribution in [2.24, 2.45) is 5.41 Å². The van der Waals surface area contributed by atoms with Gasteiger partial charge in [-0.2, -0.15) is 0 Å². The zero-order chi connectivity index (χ0) is 11.5. The molecular weight excluding hydrogens is 188 g/mol. The van der Waals surface area contributed by atoms with Crippen molar-refractivity contribution >= 4 is 5.78 Å². The summed E-state index contributed by atoms with van der Waals surface area (Å²) in [6.07, 6.45) is 6.42. The summed E-state index contributed by atoms with van der Waals surface area (Å²) in [5, 5.41) is 9.91. The highest BCUT2D eigenvalue weighted by molar-refractivity contribution is 5.99. The molecule has 0 bridgehead atoms. The van der Waals surface area contributed by atoms with Crippen LogP contribution in [0.5, 0.6) is 0 Å². The lowest BCUT2D eigenvalue weighted by Crippen LogP contribution is -2.35. The monoisotopic (exact) mass is 210 g/mol. The van der Waals surface area contributed by atoms with Gasteiger partial charge in [-0.25, -0.2) is 0 Å². The van der Waals surface area contributed by atoms with Gasteiger partial charge in [0.05, 0.1) is 0 Å². The lowest BCUT2D eigenvalue weighted by molar-refractivity contribution is -0.128. The number of carbonyl (C=O) groups excluding carboxylic acids is 1. The van der Waals surface area contributed by atoms with E-state index in [0.717, 1.165) is 24.8 Å². The number of rotatable bonds is 2. The SMILES string of the molecule is CC(C)(C)C(O)C(=O)C1=CCCCCC1. The quantitative estimate of drug-likeness (QED) is 0.761. The fourth-order valence-corrected chi connectivity index (χ4v) is 1.81. The molecule has 0 aromatic heterocycles. The van der Waals surface area contributed by atoms with E-state index in [9.17, 15) is 9.90 Å². The Morgan fingerprint density at radius 1 is 1.33 bits per heavy atom. The summed E-state index contributed by atoms with van der Waals surface area (Å²) in [7, 11) is 0. The zero-order valence-electron chi connectivity index (χ0n) is 10.0. The third kappa shape index (κ3) is 3.45. The Labute approximate surface area is 92.4 Å². The Hall–Kier alpha value is -0.630. The van der Waals surface area contributed by atoms with E-state index in [1.54, 1.807) is 0 Å². The number of hydrogen-bond donors (Lipinski definition) is 1. The van der Waals surface area contributed by atoms with Crippen LogP contribution in [-0.4, -0.2) is 17.0 Å². The number of ketones is 1. The van der Waals surface area contributed by atoms with Crippen LogP contribution < -0.4 is 0 Å². The van der Waals surface area contributed by atoms with Gasteiger partial charge in [-0.15, -0.1) is 0 Å². The molecule has 1 rings (SSSR count). The standard InChI is InChI=1S/C13H22O2/c1-13(2,3)12(15)11(14)10-8-6-4-5-7-9-10/h8,12,15H,4-7,9H2,1-3H3. The molecule has 1 N–H and O–H groups in total. The van der Waals surface area contributed by atoms with Crippen molar-refractivity contribution in [3.8, 4) is 0 Å². The Balaban J connectivity index is 2.70. The fraction of sp³-hybridized carbons (Fsp3) is 0.769. The molecule has 15 heavy (non-hydrogen) atoms. The summed E-state index contributed by atoms with van der Waals surface area (Å²) >= 11 is 0. The Bertz CT molecular complexity index is 258. The zero-order valence-corrected chi connectivity index (χ0v) is 10.0. The molecule has 2 heteroatoms. The summed E-state index contributed by atoms with van der Waals surface area (Å²) in [5.74, 6) is -0.0654. The van der Waals surface area contributed by atoms with Crippen LogP contribution >= 0.6 is 0 Å². The minimum atomic E-state index is -0.859. The maximum atomic E-state index is 12.0. The van der Waals surface area contributed by atoms with Gasteiger partial charge in [-0.3, -0.25) is 4.79 Å². The van der Waals surface area contributed by atoms with Crippen LogP contribution in [0.25, 0.3) is 0 Å². The molecule has 1 unspecified atom stereocenters. The number of aliphatic hydroxyl groups is 1. The molecule has 0 saturated heterocycles. The number of Topliss-reactive ketones (excluding diaryl/α,β-unsaturated/α-hetero) is 1. The van der Waals surface area contributed by atoms with Crippen LogP contribution in [0.1, 0.15) is 52.9 Å². The summed E-state index contributed by atoms with van der Waals surface area (Å²) in [4.78, 5) is 12.0. The highest BCUT2D eigenvalue weighted by Crippen LogP contribution is 2.25. The summed E-state index contributed by atoms with van der Waals surface area (Å²) in [6, 6.07) is 0. The Kier molecular flexibility index (Phi) is 4.09. The molecule has 1 aliphatic rings. The maximum absolute atomic E-state index is 12.0. The fourth-order valence-electron chi connectivity index (χ4n) is 1.81. The largest absolute Gasteiger partial charge is 0.384 e. The molecule has 0 aromatic carbocycles. The first-order chi connectivity index (χ1) is 6.93. The Morgan fingerprint density at radius 2 is 2.00 bits per heavy atom. The molecular formula is C13H22O2. The second kappa shape index (κ2) is 4.93. The molecule has 0 aliphatic heterocycles. The van der Waals surface area contributed by atoms with E-state index in [1.807, 2.05) is 26.8 Å². The molecule has 0 saturated carbocycles. The topological polar surface area (TPSA) is 37.3 Å². The molecule has 0 amide bonds. The third-order valence-corrected chi connectivity index (χ3v) is 2.93. The second-order valence-corrected chi connectivity index (χ2v) is 5.46. The van der Waals surface area contributed by atoms with Crippen molar-refractivity contribution in [1.82, 2.24) is 0 Å². The average molecular weight is 210 g/mol. The van der Waals surface area contributed by atoms with Gasteiger partial charge >= 0.3 is 0 Å². The van der Waals surface area contributed by atoms with Gasteiger partial charge in [0.2, 0.25) is 0 Å². The average Bonchev–Trinajstić information content (AvgIpc) is 2.42. The first-order valence-corrected chi connectivity index (χ1v) is 5.84. The van der Waals surface area contributed by atoms with Gasteiger partial charge in [0.15, 0.2) is 5.78 Å². The summed E-state index contributed by atoms with van der Waals surface area (Å²) in [6.45, 7) is 5.69. The summed E-state index contributed by atoms with van der Waals surface area (Å²) in [5.41, 5.74) is 0.486. The molecule has 0 spiro atoms. The van der Waals surface area contributed by atoms with Crippen molar-refractivity contribution in [2.75, 3.05) is 0 Å². The van der Waals surface area contributed by atoms with Gasteiger partial charge < -0.3 is 5.11 Å². The van der Waals surface area contributed by atoms with Crippen LogP contribution in [0.4, 0.5) is 0 Å². The van der Waals surface area contributed by atoms with E-state index in [1.165, 1.54) is 12.8 Å². The van der Waals surface area contributed by atoms with Crippen molar-refractivity contribution in [1.29, 1.82) is 0 Å². The molecule has 2 nitrogen and oxygen atoms in total. The molecule has 0 radical (unpaired) electrons. The highest BCUT2D eigenvalue weighted by Gasteiger charge is 2.30. The number of aliphatic hydroxyl groups excluding tert-OH is 1. The predicted octanol–water partition coefficient (Wildman–Crippen LogP) is 2.85. The van der Waals surface area contributed by atoms with Gasteiger partial charge in [0.25, 0.3) is 0 Å². The minimum absolute atomic E-state index is 0.0654. The van der Waals surface area contributed by atoms with E-state index in [2.05, 4.69) is 0 Å². The van der Waals surface area contributed by atoms with Crippen LogP contribution in [0.3, 0.4) is 0 Å². The van der Waals surface area contributed by atoms with E-state index < -0.39 is 6.10 Å². The van der Waals surface area contributed by atoms with E-state index in [4.69, 9.17) is 0 Å². The minimum Gasteiger partial charge on any atom is -0.384 e. The van der Waals surface area contributed by atoms with Crippen molar-refractivity contribution < 1.29 is 9.90 Å². The van der Waals surface area contributed by atoms with Crippen molar-refractivity contribution in [2.45, 2.75) is 59.0 Å². The lowest BCUT2D eigenvalue weighted by atomic mass is 9.83. The highest BCUT2D eigenvalue weighted by atomic mass is 16.3. The van der Waals surface area contributed by atoms with E-state index in [0.29, 0.717) is 0 Å². The smallest absolute Gasteiger partial charge is 0.187 e. The van der Waals surface area contributed by atoms with Crippen LogP contribution in [0.15, 0.2) is 11.6 Å². The second-order valence-electron chi connectivity index (χ2n) is 5.46. The first kappa shape index (κ1) is 12.4. The predicted molar refractivity (Wildman–Crippen MR) is 61.6 cm³/mol. The number of hydrogen-bond acceptors (Lipinski definition) is 2. The Morgan fingerprint density at radius 3 is 2.60 bits per heavy atom. The molecule has 1 aliphatic carbocycles. The van der Waals surface area contributed by atoms with Crippen molar-refractivity contribution in [3.05, 3.63) is 11.6 Å². The van der Waals surface area contributed by atoms with Gasteiger partial charge in [0, 0.05) is 0 Å². The number of carbonyl (C=O) groups is 1. The molecule has 0 aromatic rings. The van der Waals surface area contributed by atoms with Crippen LogP contribution in [-0.2, 0) is 4.79 Å². The van der Waals surface area contributed by atoms with Crippen LogP contribution in [0, 0.1) is 5.41 Å². The van der Waals surface area contributed by atoms with Gasteiger partial charge in [-0.1, -0.05) is 33.3 Å². The van der Waals surface area contributed by atoms with Gasteiger partial charge in [0.1, 0.15) is 6.10 Å². The third-order valence-electron chi connectivity index (χ3n) is 2.93. The van der Waals surface area contributed by atoms with Gasteiger partial charge in [-0.05, 0) is 36.7 Å². The number of allylic oxidation sites excluding steroid dienone is 1. The summed E-state index contributed by atoms with van der Waals surface area (Å²) < 4.78 is 0. The molecule has 1 atom stereocenters. The van der Waals surface area contributed by atoms with Crippen molar-refractivity contribution in [3.63, 3.8) is 0 Å². The van der Waals surface area contributed by atoms with E-state index in [-0.39, 0.29) is 11.2 Å². The first-order valence-electron chi connectivity index (χ1n) is 5.84. The van der Waals surface area contributed by atoms with E-state index >= 15 is 0 Å². The molecule has 0 fully saturated rings. The molecule has 0 heterocycles. The molecule has 86 valence electrons.